The van der Waals surface area contributed by atoms with Gasteiger partial charge in [0.2, 0.25) is 5.91 Å². The predicted octanol–water partition coefficient (Wildman–Crippen LogP) is 1.40. The highest BCUT2D eigenvalue weighted by Gasteiger charge is 2.23. The molecule has 1 atom stereocenters. The summed E-state index contributed by atoms with van der Waals surface area (Å²) in [6, 6.07) is 5.76. The van der Waals surface area contributed by atoms with Crippen LogP contribution in [0, 0.1) is 5.92 Å². The summed E-state index contributed by atoms with van der Waals surface area (Å²) in [7, 11) is 0. The van der Waals surface area contributed by atoms with Gasteiger partial charge in [-0.25, -0.2) is 4.79 Å². The molecule has 0 aliphatic heterocycles. The minimum absolute atomic E-state index is 0.243. The maximum Gasteiger partial charge on any atom is 0.326 e. The van der Waals surface area contributed by atoms with E-state index < -0.39 is 23.8 Å². The van der Waals surface area contributed by atoms with Gasteiger partial charge in [-0.2, -0.15) is 0 Å². The molecule has 0 saturated carbocycles. The highest BCUT2D eigenvalue weighted by Crippen LogP contribution is 2.11. The third kappa shape index (κ3) is 5.55. The van der Waals surface area contributed by atoms with Gasteiger partial charge in [-0.15, -0.1) is 0 Å². The maximum absolute atomic E-state index is 11.8. The quantitative estimate of drug-likeness (QED) is 0.717. The van der Waals surface area contributed by atoms with Crippen LogP contribution in [0.5, 0.6) is 0 Å². The Morgan fingerprint density at radius 2 is 1.95 bits per heavy atom. The molecule has 0 aliphatic carbocycles. The van der Waals surface area contributed by atoms with Crippen molar-refractivity contribution >= 4 is 33.7 Å². The summed E-state index contributed by atoms with van der Waals surface area (Å²) in [5, 5.41) is 13.8. The Kier molecular flexibility index (Phi) is 6.36. The minimum atomic E-state index is -1.10. The Balaban J connectivity index is 2.53. The molecule has 2 amide bonds. The number of carbonyl (C=O) groups is 3. The van der Waals surface area contributed by atoms with Gasteiger partial charge < -0.3 is 15.7 Å². The first-order valence-electron chi connectivity index (χ1n) is 6.37. The molecule has 0 radical (unpaired) electrons. The molecule has 7 heteroatoms. The van der Waals surface area contributed by atoms with Gasteiger partial charge in [0.25, 0.3) is 5.91 Å². The summed E-state index contributed by atoms with van der Waals surface area (Å²) < 4.78 is 0.755. The molecular formula is C14H17BrN2O4. The van der Waals surface area contributed by atoms with E-state index in [1.807, 2.05) is 0 Å². The molecule has 21 heavy (non-hydrogen) atoms. The lowest BCUT2D eigenvalue weighted by atomic mass is 10.1. The fourth-order valence-corrected chi connectivity index (χ4v) is 2.03. The number of aliphatic carboxylic acids is 1. The zero-order chi connectivity index (χ0) is 16.0. The van der Waals surface area contributed by atoms with Crippen LogP contribution in [-0.2, 0) is 9.59 Å². The highest BCUT2D eigenvalue weighted by molar-refractivity contribution is 9.10. The number of carboxylic acid groups (broad SMARTS) is 1. The largest absolute Gasteiger partial charge is 0.480 e. The van der Waals surface area contributed by atoms with Crippen LogP contribution in [0.2, 0.25) is 0 Å². The SMILES string of the molecule is CC(C)C(NC(=O)CNC(=O)c1cccc(Br)c1)C(=O)O. The summed E-state index contributed by atoms with van der Waals surface area (Å²) in [6.07, 6.45) is 0. The van der Waals surface area contributed by atoms with E-state index in [9.17, 15) is 14.4 Å². The Hall–Kier alpha value is -1.89. The second kappa shape index (κ2) is 7.78. The number of amides is 2. The molecule has 1 unspecified atom stereocenters. The number of carboxylic acids is 1. The van der Waals surface area contributed by atoms with E-state index in [-0.39, 0.29) is 12.5 Å². The van der Waals surface area contributed by atoms with E-state index in [0.717, 1.165) is 4.47 Å². The number of carbonyl (C=O) groups excluding carboxylic acids is 2. The van der Waals surface area contributed by atoms with Gasteiger partial charge >= 0.3 is 5.97 Å². The molecular weight excluding hydrogens is 340 g/mol. The molecule has 0 spiro atoms. The van der Waals surface area contributed by atoms with Gasteiger partial charge in [0, 0.05) is 10.0 Å². The summed E-state index contributed by atoms with van der Waals surface area (Å²) in [5.74, 6) is -2.29. The third-order valence-electron chi connectivity index (χ3n) is 2.75. The van der Waals surface area contributed by atoms with Gasteiger partial charge in [0.05, 0.1) is 6.54 Å². The van der Waals surface area contributed by atoms with E-state index in [2.05, 4.69) is 26.6 Å². The van der Waals surface area contributed by atoms with Gasteiger partial charge in [0.15, 0.2) is 0 Å². The Bertz CT molecular complexity index is 546. The highest BCUT2D eigenvalue weighted by atomic mass is 79.9. The fraction of sp³-hybridized carbons (Fsp3) is 0.357. The zero-order valence-corrected chi connectivity index (χ0v) is 13.3. The predicted molar refractivity (Wildman–Crippen MR) is 80.9 cm³/mol. The Labute approximate surface area is 131 Å². The van der Waals surface area contributed by atoms with Crippen molar-refractivity contribution in [3.63, 3.8) is 0 Å². The molecule has 1 aromatic rings. The van der Waals surface area contributed by atoms with E-state index in [0.29, 0.717) is 5.56 Å². The van der Waals surface area contributed by atoms with Crippen molar-refractivity contribution in [2.24, 2.45) is 5.92 Å². The van der Waals surface area contributed by atoms with E-state index in [1.54, 1.807) is 38.1 Å². The van der Waals surface area contributed by atoms with Crippen LogP contribution in [0.1, 0.15) is 24.2 Å². The standard InChI is InChI=1S/C14H17BrN2O4/c1-8(2)12(14(20)21)17-11(18)7-16-13(19)9-4-3-5-10(15)6-9/h3-6,8,12H,7H2,1-2H3,(H,16,19)(H,17,18)(H,20,21). The first kappa shape index (κ1) is 17.2. The van der Waals surface area contributed by atoms with Crippen LogP contribution >= 0.6 is 15.9 Å². The average molecular weight is 357 g/mol. The maximum atomic E-state index is 11.8. The molecule has 0 saturated heterocycles. The first-order chi connectivity index (χ1) is 9.81. The van der Waals surface area contributed by atoms with Crippen LogP contribution in [0.15, 0.2) is 28.7 Å². The summed E-state index contributed by atoms with van der Waals surface area (Å²) in [4.78, 5) is 34.5. The van der Waals surface area contributed by atoms with Gasteiger partial charge in [-0.05, 0) is 24.1 Å². The number of halogens is 1. The molecule has 6 nitrogen and oxygen atoms in total. The van der Waals surface area contributed by atoms with E-state index >= 15 is 0 Å². The van der Waals surface area contributed by atoms with Crippen LogP contribution in [0.3, 0.4) is 0 Å². The van der Waals surface area contributed by atoms with Crippen molar-refractivity contribution in [3.8, 4) is 0 Å². The van der Waals surface area contributed by atoms with Crippen LogP contribution in [0.25, 0.3) is 0 Å². The molecule has 0 heterocycles. The van der Waals surface area contributed by atoms with Crippen molar-refractivity contribution in [2.45, 2.75) is 19.9 Å². The summed E-state index contributed by atoms with van der Waals surface area (Å²) in [6.45, 7) is 3.11. The number of nitrogens with one attached hydrogen (secondary N) is 2. The summed E-state index contributed by atoms with van der Waals surface area (Å²) >= 11 is 3.25. The average Bonchev–Trinajstić information content (AvgIpc) is 2.41. The van der Waals surface area contributed by atoms with Crippen molar-refractivity contribution in [2.75, 3.05) is 6.54 Å². The van der Waals surface area contributed by atoms with Gasteiger partial charge in [-0.3, -0.25) is 9.59 Å². The van der Waals surface area contributed by atoms with Crippen LogP contribution in [0.4, 0.5) is 0 Å². The Morgan fingerprint density at radius 3 is 2.48 bits per heavy atom. The Morgan fingerprint density at radius 1 is 1.29 bits per heavy atom. The molecule has 1 aromatic carbocycles. The van der Waals surface area contributed by atoms with Crippen molar-refractivity contribution in [1.82, 2.24) is 10.6 Å². The number of hydrogen-bond acceptors (Lipinski definition) is 3. The molecule has 114 valence electrons. The van der Waals surface area contributed by atoms with Crippen LogP contribution in [-0.4, -0.2) is 35.5 Å². The van der Waals surface area contributed by atoms with Crippen LogP contribution < -0.4 is 10.6 Å². The lowest BCUT2D eigenvalue weighted by Gasteiger charge is -2.18. The molecule has 0 aromatic heterocycles. The molecule has 3 N–H and O–H groups in total. The smallest absolute Gasteiger partial charge is 0.326 e. The van der Waals surface area contributed by atoms with Crippen molar-refractivity contribution < 1.29 is 19.5 Å². The molecule has 0 aliphatic rings. The van der Waals surface area contributed by atoms with Gasteiger partial charge in [0.1, 0.15) is 6.04 Å². The van der Waals surface area contributed by atoms with Crippen molar-refractivity contribution in [1.29, 1.82) is 0 Å². The third-order valence-corrected chi connectivity index (χ3v) is 3.24. The minimum Gasteiger partial charge on any atom is -0.480 e. The zero-order valence-electron chi connectivity index (χ0n) is 11.7. The van der Waals surface area contributed by atoms with E-state index in [1.165, 1.54) is 0 Å². The molecule has 0 bridgehead atoms. The number of benzene rings is 1. The monoisotopic (exact) mass is 356 g/mol. The summed E-state index contributed by atoms with van der Waals surface area (Å²) in [5.41, 5.74) is 0.413. The van der Waals surface area contributed by atoms with Crippen molar-refractivity contribution in [3.05, 3.63) is 34.3 Å². The lowest BCUT2D eigenvalue weighted by molar-refractivity contribution is -0.142. The number of hydrogen-bond donors (Lipinski definition) is 3. The topological polar surface area (TPSA) is 95.5 Å². The fourth-order valence-electron chi connectivity index (χ4n) is 1.63. The van der Waals surface area contributed by atoms with Gasteiger partial charge in [-0.1, -0.05) is 35.8 Å². The lowest BCUT2D eigenvalue weighted by Crippen LogP contribution is -2.48. The molecule has 0 fully saturated rings. The normalized spacial score (nSPS) is 11.8. The second-order valence-corrected chi connectivity index (χ2v) is 5.74. The first-order valence-corrected chi connectivity index (χ1v) is 7.16. The number of rotatable bonds is 6. The van der Waals surface area contributed by atoms with E-state index in [4.69, 9.17) is 5.11 Å². The molecule has 1 rings (SSSR count). The second-order valence-electron chi connectivity index (χ2n) is 4.82.